The van der Waals surface area contributed by atoms with Crippen molar-refractivity contribution < 1.29 is 14.1 Å². The third kappa shape index (κ3) is 4.13. The number of aliphatic carboxylic acids is 1. The summed E-state index contributed by atoms with van der Waals surface area (Å²) >= 11 is 0. The van der Waals surface area contributed by atoms with Gasteiger partial charge in [-0.2, -0.15) is 0 Å². The van der Waals surface area contributed by atoms with Crippen LogP contribution in [-0.4, -0.2) is 26.3 Å². The van der Waals surface area contributed by atoms with E-state index in [1.165, 1.54) is 10.8 Å². The van der Waals surface area contributed by atoms with Crippen LogP contribution in [0.3, 0.4) is 0 Å². The van der Waals surface area contributed by atoms with Crippen LogP contribution < -0.4 is 0 Å². The zero-order chi connectivity index (χ0) is 9.68. The summed E-state index contributed by atoms with van der Waals surface area (Å²) in [6.07, 6.45) is 3.81. The molecule has 1 aliphatic rings. The summed E-state index contributed by atoms with van der Waals surface area (Å²) in [7, 11) is 0.820. The fraction of sp³-hybridized carbons (Fsp3) is 0.875. The van der Waals surface area contributed by atoms with E-state index in [0.717, 1.165) is 25.0 Å². The smallest absolute Gasteiger partial charge is 0.303 e. The number of rotatable bonds is 5. The number of hydrogen-bond acceptors (Lipinski definition) is 3. The Morgan fingerprint density at radius 2 is 2.31 bits per heavy atom. The maximum absolute atomic E-state index is 11.3. The summed E-state index contributed by atoms with van der Waals surface area (Å²) in [4.78, 5) is 10.2. The molecule has 0 aromatic heterocycles. The molecule has 2 atom stereocenters. The molecule has 0 aromatic carbocycles. The van der Waals surface area contributed by atoms with Crippen molar-refractivity contribution in [2.24, 2.45) is 0 Å². The quantitative estimate of drug-likeness (QED) is 0.569. The molecular weight excluding hydrogens is 208 g/mol. The van der Waals surface area contributed by atoms with E-state index >= 15 is 0 Å². The first-order valence-corrected chi connectivity index (χ1v) is 7.17. The molecule has 76 valence electrons. The molecule has 0 aromatic rings. The van der Waals surface area contributed by atoms with Gasteiger partial charge in [0.15, 0.2) is 0 Å². The van der Waals surface area contributed by atoms with Crippen molar-refractivity contribution in [3.8, 4) is 0 Å². The van der Waals surface area contributed by atoms with Gasteiger partial charge in [-0.25, -0.2) is 4.21 Å². The van der Waals surface area contributed by atoms with Crippen LogP contribution in [0, 0.1) is 0 Å². The first kappa shape index (κ1) is 11.0. The number of hydrogen-bond donors (Lipinski definition) is 1. The minimum Gasteiger partial charge on any atom is -0.481 e. The van der Waals surface area contributed by atoms with Crippen molar-refractivity contribution in [2.45, 2.75) is 37.4 Å². The summed E-state index contributed by atoms with van der Waals surface area (Å²) in [5.41, 5.74) is 0. The standard InChI is InChI=1S/C8H14O3S2/c9-8(10)4-2-1-3-7-5-6-12-13(7)11/h7H,1-6H2,(H,9,10)/t7-,13+/m1/s1. The molecular formula is C8H14O3S2. The van der Waals surface area contributed by atoms with Gasteiger partial charge in [0.1, 0.15) is 0 Å². The molecule has 5 heteroatoms. The second kappa shape index (κ2) is 5.65. The molecule has 0 aliphatic carbocycles. The van der Waals surface area contributed by atoms with Crippen LogP contribution >= 0.6 is 10.8 Å². The average molecular weight is 222 g/mol. The van der Waals surface area contributed by atoms with Crippen LogP contribution in [0.5, 0.6) is 0 Å². The van der Waals surface area contributed by atoms with Crippen molar-refractivity contribution >= 4 is 26.6 Å². The number of carbonyl (C=O) groups is 1. The van der Waals surface area contributed by atoms with E-state index in [9.17, 15) is 9.00 Å². The van der Waals surface area contributed by atoms with Crippen LogP contribution in [0.4, 0.5) is 0 Å². The van der Waals surface area contributed by atoms with Gasteiger partial charge in [0, 0.05) is 17.4 Å². The topological polar surface area (TPSA) is 54.4 Å². The van der Waals surface area contributed by atoms with Gasteiger partial charge in [-0.15, -0.1) is 0 Å². The van der Waals surface area contributed by atoms with E-state index in [1.807, 2.05) is 0 Å². The highest BCUT2D eigenvalue weighted by Gasteiger charge is 2.23. The lowest BCUT2D eigenvalue weighted by molar-refractivity contribution is -0.137. The van der Waals surface area contributed by atoms with Crippen molar-refractivity contribution in [2.75, 3.05) is 5.75 Å². The summed E-state index contributed by atoms with van der Waals surface area (Å²) in [5, 5.41) is 8.71. The Hall–Kier alpha value is -0.0300. The molecule has 0 amide bonds. The van der Waals surface area contributed by atoms with Crippen molar-refractivity contribution in [3.63, 3.8) is 0 Å². The second-order valence-corrected chi connectivity index (χ2v) is 6.66. The monoisotopic (exact) mass is 222 g/mol. The van der Waals surface area contributed by atoms with Crippen LogP contribution in [0.2, 0.25) is 0 Å². The SMILES string of the molecule is O=C(O)CCCC[C@@H]1CCS[S@@]1=O. The highest BCUT2D eigenvalue weighted by Crippen LogP contribution is 2.29. The summed E-state index contributed by atoms with van der Waals surface area (Å²) in [6.45, 7) is 0. The first-order valence-electron chi connectivity index (χ1n) is 4.46. The van der Waals surface area contributed by atoms with E-state index in [1.54, 1.807) is 0 Å². The lowest BCUT2D eigenvalue weighted by atomic mass is 10.1. The molecule has 1 saturated heterocycles. The molecule has 13 heavy (non-hydrogen) atoms. The molecule has 0 saturated carbocycles. The lowest BCUT2D eigenvalue weighted by Crippen LogP contribution is -2.06. The predicted molar refractivity (Wildman–Crippen MR) is 55.1 cm³/mol. The zero-order valence-electron chi connectivity index (χ0n) is 7.40. The Labute approximate surface area is 84.1 Å². The molecule has 1 aliphatic heterocycles. The van der Waals surface area contributed by atoms with E-state index in [-0.39, 0.29) is 6.42 Å². The fourth-order valence-corrected chi connectivity index (χ4v) is 4.84. The van der Waals surface area contributed by atoms with Gasteiger partial charge >= 0.3 is 5.97 Å². The molecule has 1 fully saturated rings. The minimum atomic E-state index is -0.734. The molecule has 1 rings (SSSR count). The van der Waals surface area contributed by atoms with Crippen LogP contribution in [-0.2, 0) is 14.6 Å². The fourth-order valence-electron chi connectivity index (χ4n) is 1.34. The molecule has 0 unspecified atom stereocenters. The summed E-state index contributed by atoms with van der Waals surface area (Å²) in [5.74, 6) is 0.262. The Morgan fingerprint density at radius 1 is 1.54 bits per heavy atom. The first-order chi connectivity index (χ1) is 6.20. The third-order valence-electron chi connectivity index (χ3n) is 2.08. The Bertz CT molecular complexity index is 206. The third-order valence-corrected chi connectivity index (χ3v) is 5.74. The zero-order valence-corrected chi connectivity index (χ0v) is 9.03. The summed E-state index contributed by atoms with van der Waals surface area (Å²) < 4.78 is 11.3. The normalized spacial score (nSPS) is 27.7. The van der Waals surface area contributed by atoms with Gasteiger partial charge in [-0.05, 0) is 19.3 Å². The summed E-state index contributed by atoms with van der Waals surface area (Å²) in [6, 6.07) is 0. The highest BCUT2D eigenvalue weighted by atomic mass is 33.1. The van der Waals surface area contributed by atoms with E-state index < -0.39 is 15.8 Å². The Kier molecular flexibility index (Phi) is 4.80. The van der Waals surface area contributed by atoms with Gasteiger partial charge in [-0.1, -0.05) is 17.2 Å². The van der Waals surface area contributed by atoms with Crippen molar-refractivity contribution in [3.05, 3.63) is 0 Å². The van der Waals surface area contributed by atoms with Gasteiger partial charge in [0.2, 0.25) is 0 Å². The molecule has 0 radical (unpaired) electrons. The molecule has 0 bridgehead atoms. The largest absolute Gasteiger partial charge is 0.481 e. The molecule has 1 heterocycles. The minimum absolute atomic E-state index is 0.243. The van der Waals surface area contributed by atoms with Crippen LogP contribution in [0.1, 0.15) is 32.1 Å². The van der Waals surface area contributed by atoms with E-state index in [0.29, 0.717) is 11.7 Å². The molecule has 1 N–H and O–H groups in total. The highest BCUT2D eigenvalue weighted by molar-refractivity contribution is 8.69. The van der Waals surface area contributed by atoms with Gasteiger partial charge < -0.3 is 5.11 Å². The molecule has 0 spiro atoms. The second-order valence-electron chi connectivity index (χ2n) is 3.13. The Morgan fingerprint density at radius 3 is 2.85 bits per heavy atom. The van der Waals surface area contributed by atoms with Crippen molar-refractivity contribution in [1.29, 1.82) is 0 Å². The van der Waals surface area contributed by atoms with Crippen LogP contribution in [0.25, 0.3) is 0 Å². The number of carboxylic acids is 1. The maximum Gasteiger partial charge on any atom is 0.303 e. The Balaban J connectivity index is 2.05. The van der Waals surface area contributed by atoms with Gasteiger partial charge in [-0.3, -0.25) is 4.79 Å². The lowest BCUT2D eigenvalue weighted by Gasteiger charge is -2.05. The van der Waals surface area contributed by atoms with E-state index in [4.69, 9.17) is 5.11 Å². The number of unbranched alkanes of at least 4 members (excludes halogenated alkanes) is 1. The average Bonchev–Trinajstić information content (AvgIpc) is 2.45. The van der Waals surface area contributed by atoms with Crippen LogP contribution in [0.15, 0.2) is 0 Å². The van der Waals surface area contributed by atoms with Gasteiger partial charge in [0.05, 0.1) is 9.83 Å². The molecule has 3 nitrogen and oxygen atoms in total. The van der Waals surface area contributed by atoms with E-state index in [2.05, 4.69) is 0 Å². The van der Waals surface area contributed by atoms with Gasteiger partial charge in [0.25, 0.3) is 0 Å². The number of carboxylic acid groups (broad SMARTS) is 1. The maximum atomic E-state index is 11.3. The predicted octanol–water partition coefficient (Wildman–Crippen LogP) is 1.80. The van der Waals surface area contributed by atoms with Crippen molar-refractivity contribution in [1.82, 2.24) is 0 Å².